The number of hydrogen-bond acceptors (Lipinski definition) is 4. The lowest BCUT2D eigenvalue weighted by Crippen LogP contribution is -1.82. The molecule has 1 heterocycles. The Hall–Kier alpha value is -1.03. The van der Waals surface area contributed by atoms with E-state index < -0.39 is 0 Å². The van der Waals surface area contributed by atoms with Gasteiger partial charge in [0, 0.05) is 13.2 Å². The summed E-state index contributed by atoms with van der Waals surface area (Å²) in [6.45, 7) is 0.421. The van der Waals surface area contributed by atoms with Crippen molar-refractivity contribution < 1.29 is 9.26 Å². The Balaban J connectivity index is 2.61. The van der Waals surface area contributed by atoms with Crippen LogP contribution in [0.1, 0.15) is 5.76 Å². The first-order valence-electron chi connectivity index (χ1n) is 2.53. The van der Waals surface area contributed by atoms with Gasteiger partial charge in [-0.2, -0.15) is 0 Å². The summed E-state index contributed by atoms with van der Waals surface area (Å²) in [6, 6.07) is 1.63. The largest absolute Gasteiger partial charge is 0.381 e. The highest BCUT2D eigenvalue weighted by Gasteiger charge is 1.97. The van der Waals surface area contributed by atoms with Gasteiger partial charge in [0.25, 0.3) is 0 Å². The molecule has 0 amide bonds. The van der Waals surface area contributed by atoms with Crippen molar-refractivity contribution in [3.63, 3.8) is 0 Å². The number of anilines is 1. The molecule has 0 saturated heterocycles. The van der Waals surface area contributed by atoms with E-state index in [9.17, 15) is 0 Å². The summed E-state index contributed by atoms with van der Waals surface area (Å²) < 4.78 is 9.46. The highest BCUT2D eigenvalue weighted by molar-refractivity contribution is 5.25. The Morgan fingerprint density at radius 1 is 1.89 bits per heavy atom. The second kappa shape index (κ2) is 2.50. The lowest BCUT2D eigenvalue weighted by atomic mass is 10.5. The van der Waals surface area contributed by atoms with Gasteiger partial charge in [0.15, 0.2) is 11.6 Å². The van der Waals surface area contributed by atoms with Crippen LogP contribution in [0.2, 0.25) is 0 Å². The molecular weight excluding hydrogens is 120 g/mol. The third-order valence-corrected chi connectivity index (χ3v) is 0.864. The summed E-state index contributed by atoms with van der Waals surface area (Å²) in [7, 11) is 1.58. The van der Waals surface area contributed by atoms with Crippen LogP contribution in [0.4, 0.5) is 5.82 Å². The standard InChI is InChI=1S/C5H8N2O2/c1-8-3-4-2-5(6)7-9-4/h2H,3H2,1H3,(H2,6,7). The SMILES string of the molecule is COCc1cc(N)no1. The van der Waals surface area contributed by atoms with E-state index in [-0.39, 0.29) is 0 Å². The minimum Gasteiger partial charge on any atom is -0.381 e. The third kappa shape index (κ3) is 1.43. The molecule has 0 aliphatic carbocycles. The lowest BCUT2D eigenvalue weighted by molar-refractivity contribution is 0.156. The highest BCUT2D eigenvalue weighted by atomic mass is 16.5. The van der Waals surface area contributed by atoms with E-state index in [1.54, 1.807) is 13.2 Å². The Kier molecular flexibility index (Phi) is 1.69. The summed E-state index contributed by atoms with van der Waals surface area (Å²) in [5, 5.41) is 3.46. The molecule has 0 radical (unpaired) electrons. The average Bonchev–Trinajstić information content (AvgIpc) is 2.17. The van der Waals surface area contributed by atoms with Crippen LogP contribution in [0.3, 0.4) is 0 Å². The predicted molar refractivity (Wildman–Crippen MR) is 31.6 cm³/mol. The molecule has 0 spiro atoms. The van der Waals surface area contributed by atoms with Gasteiger partial charge in [0.2, 0.25) is 0 Å². The molecule has 0 aliphatic rings. The van der Waals surface area contributed by atoms with Crippen LogP contribution in [0.25, 0.3) is 0 Å². The first kappa shape index (κ1) is 6.10. The number of ether oxygens (including phenoxy) is 1. The molecule has 1 aromatic rings. The van der Waals surface area contributed by atoms with E-state index in [4.69, 9.17) is 15.0 Å². The van der Waals surface area contributed by atoms with Crippen LogP contribution in [0.5, 0.6) is 0 Å². The first-order chi connectivity index (χ1) is 4.33. The van der Waals surface area contributed by atoms with E-state index in [1.165, 1.54) is 0 Å². The molecule has 1 rings (SSSR count). The number of nitrogen functional groups attached to an aromatic ring is 1. The molecule has 50 valence electrons. The zero-order valence-electron chi connectivity index (χ0n) is 5.13. The van der Waals surface area contributed by atoms with Crippen molar-refractivity contribution in [3.05, 3.63) is 11.8 Å². The van der Waals surface area contributed by atoms with E-state index in [0.717, 1.165) is 0 Å². The van der Waals surface area contributed by atoms with Crippen LogP contribution in [0.15, 0.2) is 10.6 Å². The molecule has 1 aromatic heterocycles. The maximum Gasteiger partial charge on any atom is 0.167 e. The van der Waals surface area contributed by atoms with Gasteiger partial charge >= 0.3 is 0 Å². The summed E-state index contributed by atoms with van der Waals surface area (Å²) >= 11 is 0. The molecule has 0 aromatic carbocycles. The maximum absolute atomic E-state index is 5.25. The van der Waals surface area contributed by atoms with Crippen LogP contribution in [0, 0.1) is 0 Å². The number of rotatable bonds is 2. The van der Waals surface area contributed by atoms with E-state index in [1.807, 2.05) is 0 Å². The van der Waals surface area contributed by atoms with Gasteiger partial charge in [0.05, 0.1) is 0 Å². The fraction of sp³-hybridized carbons (Fsp3) is 0.400. The number of aromatic nitrogens is 1. The van der Waals surface area contributed by atoms with Crippen molar-refractivity contribution in [3.8, 4) is 0 Å². The van der Waals surface area contributed by atoms with Gasteiger partial charge in [-0.25, -0.2) is 0 Å². The zero-order chi connectivity index (χ0) is 6.69. The molecule has 4 nitrogen and oxygen atoms in total. The Morgan fingerprint density at radius 2 is 2.67 bits per heavy atom. The van der Waals surface area contributed by atoms with Crippen LogP contribution in [-0.4, -0.2) is 12.3 Å². The molecule has 0 unspecified atom stereocenters. The fourth-order valence-corrected chi connectivity index (χ4v) is 0.539. The number of nitrogens with zero attached hydrogens (tertiary/aromatic N) is 1. The van der Waals surface area contributed by atoms with Crippen molar-refractivity contribution in [2.75, 3.05) is 12.8 Å². The second-order valence-corrected chi connectivity index (χ2v) is 1.65. The summed E-state index contributed by atoms with van der Waals surface area (Å²) in [5.74, 6) is 1.04. The predicted octanol–water partition coefficient (Wildman–Crippen LogP) is 0.403. The zero-order valence-corrected chi connectivity index (χ0v) is 5.13. The first-order valence-corrected chi connectivity index (χ1v) is 2.53. The van der Waals surface area contributed by atoms with Crippen molar-refractivity contribution >= 4 is 5.82 Å². The summed E-state index contributed by atoms with van der Waals surface area (Å²) in [5.41, 5.74) is 5.25. The van der Waals surface area contributed by atoms with E-state index in [0.29, 0.717) is 18.2 Å². The molecule has 9 heavy (non-hydrogen) atoms. The summed E-state index contributed by atoms with van der Waals surface area (Å²) in [6.07, 6.45) is 0. The molecule has 0 aliphatic heterocycles. The Bertz CT molecular complexity index is 185. The Morgan fingerprint density at radius 3 is 3.11 bits per heavy atom. The van der Waals surface area contributed by atoms with Gasteiger partial charge in [-0.05, 0) is 0 Å². The molecule has 4 heteroatoms. The third-order valence-electron chi connectivity index (χ3n) is 0.864. The van der Waals surface area contributed by atoms with Crippen molar-refractivity contribution in [2.45, 2.75) is 6.61 Å². The molecule has 2 N–H and O–H groups in total. The Labute approximate surface area is 52.6 Å². The molecular formula is C5H8N2O2. The maximum atomic E-state index is 5.25. The van der Waals surface area contributed by atoms with E-state index in [2.05, 4.69) is 5.16 Å². The minimum absolute atomic E-state index is 0.391. The van der Waals surface area contributed by atoms with Crippen molar-refractivity contribution in [1.82, 2.24) is 5.16 Å². The van der Waals surface area contributed by atoms with Gasteiger partial charge < -0.3 is 15.0 Å². The van der Waals surface area contributed by atoms with Gasteiger partial charge in [-0.3, -0.25) is 0 Å². The number of methoxy groups -OCH3 is 1. The molecule has 0 fully saturated rings. The van der Waals surface area contributed by atoms with Gasteiger partial charge in [0.1, 0.15) is 6.61 Å². The normalized spacial score (nSPS) is 9.89. The monoisotopic (exact) mass is 128 g/mol. The second-order valence-electron chi connectivity index (χ2n) is 1.65. The molecule has 0 bridgehead atoms. The topological polar surface area (TPSA) is 61.3 Å². The van der Waals surface area contributed by atoms with Crippen LogP contribution < -0.4 is 5.73 Å². The smallest absolute Gasteiger partial charge is 0.167 e. The average molecular weight is 128 g/mol. The van der Waals surface area contributed by atoms with Crippen LogP contribution in [-0.2, 0) is 11.3 Å². The fourth-order valence-electron chi connectivity index (χ4n) is 0.539. The quantitative estimate of drug-likeness (QED) is 0.626. The van der Waals surface area contributed by atoms with Gasteiger partial charge in [-0.15, -0.1) is 0 Å². The number of nitrogens with two attached hydrogens (primary N) is 1. The molecule has 0 atom stereocenters. The van der Waals surface area contributed by atoms with Crippen LogP contribution >= 0.6 is 0 Å². The van der Waals surface area contributed by atoms with Crippen molar-refractivity contribution in [2.24, 2.45) is 0 Å². The summed E-state index contributed by atoms with van der Waals surface area (Å²) in [4.78, 5) is 0. The number of hydrogen-bond donors (Lipinski definition) is 1. The van der Waals surface area contributed by atoms with Gasteiger partial charge in [-0.1, -0.05) is 5.16 Å². The van der Waals surface area contributed by atoms with Crippen molar-refractivity contribution in [1.29, 1.82) is 0 Å². The van der Waals surface area contributed by atoms with E-state index >= 15 is 0 Å². The minimum atomic E-state index is 0.391. The molecule has 0 saturated carbocycles. The lowest BCUT2D eigenvalue weighted by Gasteiger charge is -1.86. The highest BCUT2D eigenvalue weighted by Crippen LogP contribution is 2.04.